The van der Waals surface area contributed by atoms with Crippen LogP contribution in [-0.2, 0) is 5.75 Å². The van der Waals surface area contributed by atoms with Crippen molar-refractivity contribution in [1.82, 2.24) is 4.98 Å². The van der Waals surface area contributed by atoms with Gasteiger partial charge in [0.25, 0.3) is 0 Å². The predicted molar refractivity (Wildman–Crippen MR) is 67.1 cm³/mol. The van der Waals surface area contributed by atoms with Crippen molar-refractivity contribution < 1.29 is 4.73 Å². The lowest BCUT2D eigenvalue weighted by Gasteiger charge is -2.03. The van der Waals surface area contributed by atoms with Crippen LogP contribution in [0.25, 0.3) is 11.0 Å². The highest BCUT2D eigenvalue weighted by Crippen LogP contribution is 2.12. The monoisotopic (exact) mass is 232 g/mol. The van der Waals surface area contributed by atoms with Gasteiger partial charge in [-0.2, -0.15) is 16.5 Å². The minimum atomic E-state index is 0.611. The van der Waals surface area contributed by atoms with Crippen LogP contribution in [0.1, 0.15) is 5.69 Å². The van der Waals surface area contributed by atoms with E-state index < -0.39 is 0 Å². The lowest BCUT2D eigenvalue weighted by Crippen LogP contribution is -2.27. The summed E-state index contributed by atoms with van der Waals surface area (Å²) in [4.78, 5) is 4.43. The molecule has 2 rings (SSSR count). The van der Waals surface area contributed by atoms with Gasteiger partial charge in [0, 0.05) is 17.6 Å². The van der Waals surface area contributed by atoms with E-state index >= 15 is 0 Å². The SMILES string of the molecule is C=CCSCc1c[n+]([O-])c2ccccc2n1. The van der Waals surface area contributed by atoms with Crippen LogP contribution in [0.2, 0.25) is 0 Å². The molecule has 0 radical (unpaired) electrons. The van der Waals surface area contributed by atoms with Crippen LogP contribution in [0.15, 0.2) is 43.1 Å². The van der Waals surface area contributed by atoms with Crippen LogP contribution in [0.5, 0.6) is 0 Å². The van der Waals surface area contributed by atoms with E-state index in [9.17, 15) is 5.21 Å². The third-order valence-electron chi connectivity index (χ3n) is 2.14. The molecule has 4 heteroatoms. The van der Waals surface area contributed by atoms with Gasteiger partial charge in [-0.25, -0.2) is 4.98 Å². The molecule has 0 saturated heterocycles. The largest absolute Gasteiger partial charge is 0.618 e. The van der Waals surface area contributed by atoms with Crippen molar-refractivity contribution in [2.24, 2.45) is 0 Å². The van der Waals surface area contributed by atoms with Gasteiger partial charge in [-0.15, -0.1) is 6.58 Å². The maximum absolute atomic E-state index is 11.7. The van der Waals surface area contributed by atoms with E-state index in [0.29, 0.717) is 5.52 Å². The summed E-state index contributed by atoms with van der Waals surface area (Å²) >= 11 is 1.69. The molecule has 0 unspecified atom stereocenters. The Bertz CT molecular complexity index is 513. The summed E-state index contributed by atoms with van der Waals surface area (Å²) in [5.74, 6) is 1.60. The minimum absolute atomic E-state index is 0.611. The van der Waals surface area contributed by atoms with E-state index in [4.69, 9.17) is 0 Å². The van der Waals surface area contributed by atoms with E-state index in [1.807, 2.05) is 24.3 Å². The first kappa shape index (κ1) is 11.0. The first-order chi connectivity index (χ1) is 7.81. The molecule has 0 fully saturated rings. The Hall–Kier alpha value is -1.55. The van der Waals surface area contributed by atoms with Crippen molar-refractivity contribution in [3.8, 4) is 0 Å². The molecule has 16 heavy (non-hydrogen) atoms. The number of benzene rings is 1. The average Bonchev–Trinajstić information content (AvgIpc) is 2.30. The lowest BCUT2D eigenvalue weighted by atomic mass is 10.3. The Kier molecular flexibility index (Phi) is 3.41. The Labute approximate surface area is 98.4 Å². The summed E-state index contributed by atoms with van der Waals surface area (Å²) in [5, 5.41) is 11.7. The van der Waals surface area contributed by atoms with Gasteiger partial charge in [0.05, 0.1) is 0 Å². The fourth-order valence-electron chi connectivity index (χ4n) is 1.45. The fourth-order valence-corrected chi connectivity index (χ4v) is 2.08. The molecule has 2 aromatic rings. The molecule has 1 heterocycles. The Morgan fingerprint density at radius 3 is 3.06 bits per heavy atom. The summed E-state index contributed by atoms with van der Waals surface area (Å²) in [6, 6.07) is 7.35. The highest BCUT2D eigenvalue weighted by atomic mass is 32.2. The lowest BCUT2D eigenvalue weighted by molar-refractivity contribution is -0.577. The third kappa shape index (κ3) is 2.33. The molecule has 3 nitrogen and oxygen atoms in total. The van der Waals surface area contributed by atoms with E-state index in [-0.39, 0.29) is 0 Å². The fraction of sp³-hybridized carbons (Fsp3) is 0.167. The molecular weight excluding hydrogens is 220 g/mol. The molecule has 0 amide bonds. The van der Waals surface area contributed by atoms with Gasteiger partial charge in [-0.1, -0.05) is 18.2 Å². The summed E-state index contributed by atoms with van der Waals surface area (Å²) < 4.78 is 0.881. The number of thioether (sulfide) groups is 1. The zero-order valence-electron chi connectivity index (χ0n) is 8.80. The smallest absolute Gasteiger partial charge is 0.242 e. The van der Waals surface area contributed by atoms with Crippen LogP contribution in [-0.4, -0.2) is 10.7 Å². The second kappa shape index (κ2) is 4.99. The molecule has 0 aliphatic rings. The minimum Gasteiger partial charge on any atom is -0.618 e. The van der Waals surface area contributed by atoms with E-state index in [1.54, 1.807) is 24.0 Å². The highest BCUT2D eigenvalue weighted by molar-refractivity contribution is 7.98. The van der Waals surface area contributed by atoms with Crippen LogP contribution in [0.4, 0.5) is 0 Å². The highest BCUT2D eigenvalue weighted by Gasteiger charge is 2.07. The maximum atomic E-state index is 11.7. The molecule has 0 atom stereocenters. The quantitative estimate of drug-likeness (QED) is 0.351. The van der Waals surface area contributed by atoms with Gasteiger partial charge in [0.15, 0.2) is 0 Å². The molecule has 1 aromatic carbocycles. The van der Waals surface area contributed by atoms with Crippen molar-refractivity contribution >= 4 is 22.8 Å². The van der Waals surface area contributed by atoms with Gasteiger partial charge >= 0.3 is 0 Å². The second-order valence-electron chi connectivity index (χ2n) is 3.35. The van der Waals surface area contributed by atoms with Gasteiger partial charge in [0.2, 0.25) is 11.7 Å². The second-order valence-corrected chi connectivity index (χ2v) is 4.38. The van der Waals surface area contributed by atoms with Crippen molar-refractivity contribution in [1.29, 1.82) is 0 Å². The van der Waals surface area contributed by atoms with Gasteiger partial charge in [-0.3, -0.25) is 0 Å². The number of fused-ring (bicyclic) bond motifs is 1. The standard InChI is InChI=1S/C12H12N2OS/c1-2-7-16-9-10-8-14(15)12-6-4-3-5-11(12)13-10/h2-6,8H,1,7,9H2. The summed E-state index contributed by atoms with van der Waals surface area (Å²) in [6.07, 6.45) is 3.38. The molecular formula is C12H12N2OS. The van der Waals surface area contributed by atoms with Crippen LogP contribution < -0.4 is 4.73 Å². The number of hydrogen-bond acceptors (Lipinski definition) is 3. The van der Waals surface area contributed by atoms with Gasteiger partial charge in [-0.05, 0) is 6.07 Å². The molecule has 0 aliphatic heterocycles. The summed E-state index contributed by atoms with van der Waals surface area (Å²) in [5.41, 5.74) is 2.16. The number of para-hydroxylation sites is 2. The Morgan fingerprint density at radius 1 is 1.44 bits per heavy atom. The maximum Gasteiger partial charge on any atom is 0.242 e. The van der Waals surface area contributed by atoms with Gasteiger partial charge < -0.3 is 5.21 Å². The number of nitrogens with zero attached hydrogens (tertiary/aromatic N) is 2. The predicted octanol–water partition coefficient (Wildman–Crippen LogP) is 2.29. The topological polar surface area (TPSA) is 39.8 Å². The molecule has 0 aliphatic carbocycles. The Morgan fingerprint density at radius 2 is 2.25 bits per heavy atom. The van der Waals surface area contributed by atoms with Crippen molar-refractivity contribution in [3.05, 3.63) is 54.0 Å². The van der Waals surface area contributed by atoms with E-state index in [1.165, 1.54) is 0 Å². The van der Waals surface area contributed by atoms with E-state index in [2.05, 4.69) is 11.6 Å². The first-order valence-electron chi connectivity index (χ1n) is 4.98. The van der Waals surface area contributed by atoms with Crippen molar-refractivity contribution in [2.75, 3.05) is 5.75 Å². The average molecular weight is 232 g/mol. The third-order valence-corrected chi connectivity index (χ3v) is 3.11. The number of hydrogen-bond donors (Lipinski definition) is 0. The van der Waals surface area contributed by atoms with Gasteiger partial charge in [0.1, 0.15) is 11.2 Å². The van der Waals surface area contributed by atoms with Crippen LogP contribution >= 0.6 is 11.8 Å². The normalized spacial score (nSPS) is 10.5. The van der Waals surface area contributed by atoms with Crippen LogP contribution in [0.3, 0.4) is 0 Å². The van der Waals surface area contributed by atoms with Crippen molar-refractivity contribution in [3.63, 3.8) is 0 Å². The van der Waals surface area contributed by atoms with Crippen LogP contribution in [0, 0.1) is 5.21 Å². The molecule has 0 bridgehead atoms. The Balaban J connectivity index is 2.30. The number of rotatable bonds is 4. The zero-order valence-corrected chi connectivity index (χ0v) is 9.61. The molecule has 0 spiro atoms. The number of aromatic nitrogens is 2. The molecule has 0 saturated carbocycles. The molecule has 1 aromatic heterocycles. The zero-order chi connectivity index (χ0) is 11.4. The first-order valence-corrected chi connectivity index (χ1v) is 6.13. The molecule has 82 valence electrons. The molecule has 0 N–H and O–H groups in total. The summed E-state index contributed by atoms with van der Waals surface area (Å²) in [7, 11) is 0. The summed E-state index contributed by atoms with van der Waals surface area (Å²) in [6.45, 7) is 3.65. The van der Waals surface area contributed by atoms with E-state index in [0.717, 1.165) is 27.4 Å². The van der Waals surface area contributed by atoms with Crippen molar-refractivity contribution in [2.45, 2.75) is 5.75 Å².